The predicted molar refractivity (Wildman–Crippen MR) is 426 cm³/mol. The van der Waals surface area contributed by atoms with Gasteiger partial charge in [-0.25, -0.2) is 0 Å². The third kappa shape index (κ3) is 81.0. The molecule has 3 N–H and O–H groups in total. The molecule has 0 spiro atoms. The lowest BCUT2D eigenvalue weighted by molar-refractivity contribution is -0.143. The summed E-state index contributed by atoms with van der Waals surface area (Å²) >= 11 is 0. The number of rotatable bonds is 84. The van der Waals surface area contributed by atoms with Crippen molar-refractivity contribution in [1.82, 2.24) is 5.32 Å². The van der Waals surface area contributed by atoms with Crippen LogP contribution in [0.4, 0.5) is 0 Å². The summed E-state index contributed by atoms with van der Waals surface area (Å²) in [6.45, 7) is 4.94. The zero-order valence-electron chi connectivity index (χ0n) is 65.4. The summed E-state index contributed by atoms with van der Waals surface area (Å²) in [5.41, 5.74) is 0. The Morgan fingerprint density at radius 2 is 0.521 bits per heavy atom. The van der Waals surface area contributed by atoms with Crippen molar-refractivity contribution in [3.05, 3.63) is 36.5 Å². The van der Waals surface area contributed by atoms with Gasteiger partial charge in [-0.05, 0) is 64.2 Å². The number of nitrogens with one attached hydrogen (secondary N) is 1. The van der Waals surface area contributed by atoms with Crippen LogP contribution in [0.3, 0.4) is 0 Å². The van der Waals surface area contributed by atoms with Gasteiger partial charge < -0.3 is 20.3 Å². The van der Waals surface area contributed by atoms with E-state index in [0.29, 0.717) is 19.4 Å². The van der Waals surface area contributed by atoms with E-state index in [1.54, 1.807) is 6.08 Å². The van der Waals surface area contributed by atoms with Crippen LogP contribution in [0, 0.1) is 0 Å². The Balaban J connectivity index is 3.33. The molecule has 568 valence electrons. The first kappa shape index (κ1) is 94.1. The number of unbranched alkanes of at least 4 members (excludes halogenated alkanes) is 69. The third-order valence-electron chi connectivity index (χ3n) is 20.9. The first-order valence-corrected chi connectivity index (χ1v) is 44.3. The summed E-state index contributed by atoms with van der Waals surface area (Å²) in [4.78, 5) is 24.7. The Bertz CT molecular complexity index is 1560. The van der Waals surface area contributed by atoms with E-state index in [0.717, 1.165) is 44.9 Å². The maximum Gasteiger partial charge on any atom is 0.305 e. The molecule has 2 unspecified atom stereocenters. The fourth-order valence-electron chi connectivity index (χ4n) is 14.2. The summed E-state index contributed by atoms with van der Waals surface area (Å²) in [5, 5.41) is 23.4. The number of carbonyl (C=O) groups excluding carboxylic acids is 2. The lowest BCUT2D eigenvalue weighted by Crippen LogP contribution is -2.45. The number of allylic oxidation sites excluding steroid dienone is 5. The highest BCUT2D eigenvalue weighted by atomic mass is 16.5. The first-order valence-electron chi connectivity index (χ1n) is 44.3. The molecule has 0 aromatic heterocycles. The molecule has 0 heterocycles. The number of hydrogen-bond donors (Lipinski definition) is 3. The zero-order valence-corrected chi connectivity index (χ0v) is 65.4. The summed E-state index contributed by atoms with van der Waals surface area (Å²) in [7, 11) is 0. The van der Waals surface area contributed by atoms with Crippen molar-refractivity contribution < 1.29 is 24.5 Å². The van der Waals surface area contributed by atoms with Crippen LogP contribution in [0.15, 0.2) is 36.5 Å². The average molecular weight is 1350 g/mol. The number of esters is 1. The van der Waals surface area contributed by atoms with Crippen LogP contribution in [0.2, 0.25) is 0 Å². The van der Waals surface area contributed by atoms with Crippen molar-refractivity contribution in [1.29, 1.82) is 0 Å². The Kier molecular flexibility index (Phi) is 83.8. The second kappa shape index (κ2) is 85.5. The molecule has 0 rings (SSSR count). The Morgan fingerprint density at radius 3 is 0.812 bits per heavy atom. The molecule has 96 heavy (non-hydrogen) atoms. The molecule has 6 heteroatoms. The third-order valence-corrected chi connectivity index (χ3v) is 20.9. The van der Waals surface area contributed by atoms with Crippen molar-refractivity contribution in [3.8, 4) is 0 Å². The van der Waals surface area contributed by atoms with Crippen molar-refractivity contribution in [2.75, 3.05) is 13.2 Å². The van der Waals surface area contributed by atoms with Crippen LogP contribution in [-0.2, 0) is 14.3 Å². The van der Waals surface area contributed by atoms with Gasteiger partial charge in [0.15, 0.2) is 0 Å². The molecule has 0 bridgehead atoms. The molecule has 0 aliphatic carbocycles. The molecule has 0 aliphatic heterocycles. The van der Waals surface area contributed by atoms with Gasteiger partial charge in [0.2, 0.25) is 5.91 Å². The topological polar surface area (TPSA) is 95.9 Å². The fraction of sp³-hybridized carbons (Fsp3) is 0.911. The van der Waals surface area contributed by atoms with E-state index in [1.807, 2.05) is 6.08 Å². The lowest BCUT2D eigenvalue weighted by Gasteiger charge is -2.20. The van der Waals surface area contributed by atoms with E-state index in [4.69, 9.17) is 4.74 Å². The van der Waals surface area contributed by atoms with Crippen molar-refractivity contribution in [2.45, 2.75) is 514 Å². The van der Waals surface area contributed by atoms with Crippen LogP contribution in [0.5, 0.6) is 0 Å². The van der Waals surface area contributed by atoms with Gasteiger partial charge in [-0.15, -0.1) is 0 Å². The highest BCUT2D eigenvalue weighted by Crippen LogP contribution is 2.21. The molecular formula is C90H173NO5. The quantitative estimate of drug-likeness (QED) is 0.0320. The van der Waals surface area contributed by atoms with Crippen molar-refractivity contribution >= 4 is 11.9 Å². The van der Waals surface area contributed by atoms with Crippen LogP contribution in [-0.4, -0.2) is 47.4 Å². The minimum atomic E-state index is -0.843. The van der Waals surface area contributed by atoms with E-state index < -0.39 is 12.1 Å². The molecule has 6 nitrogen and oxygen atoms in total. The summed E-state index contributed by atoms with van der Waals surface area (Å²) in [5.74, 6) is -0.0372. The van der Waals surface area contributed by atoms with Gasteiger partial charge >= 0.3 is 5.97 Å². The van der Waals surface area contributed by atoms with Crippen LogP contribution in [0.25, 0.3) is 0 Å². The molecule has 0 saturated carbocycles. The molecule has 0 aromatic carbocycles. The number of aliphatic hydroxyl groups excluding tert-OH is 2. The summed E-state index contributed by atoms with van der Waals surface area (Å²) < 4.78 is 5.52. The van der Waals surface area contributed by atoms with Crippen molar-refractivity contribution in [3.63, 3.8) is 0 Å². The van der Waals surface area contributed by atoms with Gasteiger partial charge in [0.1, 0.15) is 0 Å². The van der Waals surface area contributed by atoms with Gasteiger partial charge in [0.05, 0.1) is 25.4 Å². The number of aliphatic hydroxyl groups is 2. The van der Waals surface area contributed by atoms with Crippen LogP contribution in [0.1, 0.15) is 502 Å². The number of carbonyl (C=O) groups is 2. The molecule has 1 amide bonds. The normalized spacial score (nSPS) is 12.6. The van der Waals surface area contributed by atoms with Gasteiger partial charge in [-0.3, -0.25) is 9.59 Å². The van der Waals surface area contributed by atoms with Gasteiger partial charge in [0.25, 0.3) is 0 Å². The smallest absolute Gasteiger partial charge is 0.305 e. The number of amides is 1. The zero-order chi connectivity index (χ0) is 69.1. The molecule has 0 aliphatic rings. The van der Waals surface area contributed by atoms with E-state index in [1.165, 1.54) is 430 Å². The molecule has 0 fully saturated rings. The molecule has 2 atom stereocenters. The number of hydrogen-bond acceptors (Lipinski definition) is 5. The maximum atomic E-state index is 12.6. The van der Waals surface area contributed by atoms with E-state index in [-0.39, 0.29) is 18.5 Å². The molecule has 0 saturated heterocycles. The average Bonchev–Trinajstić information content (AvgIpc) is 3.16. The second-order valence-corrected chi connectivity index (χ2v) is 30.6. The fourth-order valence-corrected chi connectivity index (χ4v) is 14.2. The minimum Gasteiger partial charge on any atom is -0.466 e. The second-order valence-electron chi connectivity index (χ2n) is 30.6. The monoisotopic (exact) mass is 1350 g/mol. The Hall–Kier alpha value is -1.92. The molecular weight excluding hydrogens is 1170 g/mol. The molecule has 0 radical (unpaired) electrons. The highest BCUT2D eigenvalue weighted by molar-refractivity contribution is 5.76. The van der Waals surface area contributed by atoms with Crippen LogP contribution < -0.4 is 5.32 Å². The Morgan fingerprint density at radius 1 is 0.292 bits per heavy atom. The van der Waals surface area contributed by atoms with E-state index in [2.05, 4.69) is 43.5 Å². The first-order chi connectivity index (χ1) is 47.5. The summed E-state index contributed by atoms with van der Waals surface area (Å²) in [6, 6.07) is -0.626. The van der Waals surface area contributed by atoms with Gasteiger partial charge in [-0.2, -0.15) is 0 Å². The summed E-state index contributed by atoms with van der Waals surface area (Å²) in [6.07, 6.45) is 113. The van der Waals surface area contributed by atoms with Crippen LogP contribution >= 0.6 is 0 Å². The van der Waals surface area contributed by atoms with Gasteiger partial charge in [-0.1, -0.05) is 461 Å². The van der Waals surface area contributed by atoms with E-state index >= 15 is 0 Å². The maximum absolute atomic E-state index is 12.6. The minimum absolute atomic E-state index is 0.0196. The van der Waals surface area contributed by atoms with Gasteiger partial charge in [0, 0.05) is 12.8 Å². The van der Waals surface area contributed by atoms with Crippen molar-refractivity contribution in [2.24, 2.45) is 0 Å². The highest BCUT2D eigenvalue weighted by Gasteiger charge is 2.18. The molecule has 0 aromatic rings. The lowest BCUT2D eigenvalue weighted by atomic mass is 10.0. The largest absolute Gasteiger partial charge is 0.466 e. The number of ether oxygens (including phenoxy) is 1. The predicted octanol–water partition coefficient (Wildman–Crippen LogP) is 29.7. The standard InChI is InChI=1S/C90H173NO5/c1-3-5-7-9-11-13-15-17-19-21-23-24-25-37-40-43-47-50-54-58-62-66-70-74-78-82-88(93)87(86-92)91-89(94)83-79-75-71-67-63-59-55-51-48-44-41-38-35-33-31-29-27-26-28-30-32-34-36-39-42-45-49-53-57-61-65-69-73-77-81-85-96-90(95)84-80-76-72-68-64-60-56-52-46-22-20-18-16-14-12-10-8-6-4-2/h12,14,18,20,78,82,87-88,92-93H,3-11,13,15-17,19,21-77,79-81,83-86H2,1-2H3,(H,91,94)/b14-12-,20-18-,82-78+. The SMILES string of the molecule is CCCCC/C=C\C/C=C\CCCCCCCCCCCC(=O)OCCCCCCCCCCCCCCCCCCCCCCCCCCCCCCCCCCCCCC(=O)NC(CO)C(O)/C=C/CCCCCCCCCCCCCCCCCCCCCCCCC. The Labute approximate surface area is 602 Å². The van der Waals surface area contributed by atoms with E-state index in [9.17, 15) is 19.8 Å².